The number of hydrogen-bond donors (Lipinski definition) is 2. The van der Waals surface area contributed by atoms with Crippen molar-refractivity contribution in [3.63, 3.8) is 0 Å². The minimum atomic E-state index is -3.60. The number of carbonyl (C=O) groups is 1. The molecule has 0 saturated carbocycles. The first-order valence-electron chi connectivity index (χ1n) is 8.36. The van der Waals surface area contributed by atoms with Gasteiger partial charge in [0.2, 0.25) is 10.0 Å². The number of ether oxygens (including phenoxy) is 1. The fraction of sp³-hybridized carbons (Fsp3) is 0.316. The van der Waals surface area contributed by atoms with Crippen LogP contribution in [0.1, 0.15) is 34.0 Å². The molecule has 0 unspecified atom stereocenters. The summed E-state index contributed by atoms with van der Waals surface area (Å²) in [7, 11) is -2.26. The Bertz CT molecular complexity index is 879. The van der Waals surface area contributed by atoms with Crippen LogP contribution >= 0.6 is 0 Å². The van der Waals surface area contributed by atoms with Crippen molar-refractivity contribution in [2.75, 3.05) is 13.7 Å². The molecule has 0 aliphatic rings. The van der Waals surface area contributed by atoms with Crippen molar-refractivity contribution in [1.82, 2.24) is 10.0 Å². The molecule has 0 heterocycles. The van der Waals surface area contributed by atoms with Gasteiger partial charge in [0, 0.05) is 18.7 Å². The topological polar surface area (TPSA) is 84.5 Å². The van der Waals surface area contributed by atoms with Gasteiger partial charge in [-0.25, -0.2) is 13.1 Å². The molecular weight excluding hydrogens is 352 g/mol. The van der Waals surface area contributed by atoms with Crippen LogP contribution in [0.2, 0.25) is 0 Å². The smallest absolute Gasteiger partial charge is 0.251 e. The zero-order valence-electron chi connectivity index (χ0n) is 15.2. The van der Waals surface area contributed by atoms with E-state index in [4.69, 9.17) is 4.74 Å². The first-order chi connectivity index (χ1) is 12.4. The first kappa shape index (κ1) is 20.1. The van der Waals surface area contributed by atoms with Gasteiger partial charge in [-0.15, -0.1) is 0 Å². The Hall–Kier alpha value is -2.22. The van der Waals surface area contributed by atoms with Crippen LogP contribution in [0.5, 0.6) is 0 Å². The van der Waals surface area contributed by atoms with E-state index in [1.807, 2.05) is 31.2 Å². The summed E-state index contributed by atoms with van der Waals surface area (Å²) in [6.45, 7) is 5.14. The molecule has 26 heavy (non-hydrogen) atoms. The summed E-state index contributed by atoms with van der Waals surface area (Å²) >= 11 is 0. The van der Waals surface area contributed by atoms with Gasteiger partial charge in [-0.2, -0.15) is 0 Å². The largest absolute Gasteiger partial charge is 0.377 e. The van der Waals surface area contributed by atoms with Crippen molar-refractivity contribution in [1.29, 1.82) is 0 Å². The molecule has 0 aliphatic carbocycles. The van der Waals surface area contributed by atoms with Crippen molar-refractivity contribution in [2.24, 2.45) is 0 Å². The van der Waals surface area contributed by atoms with E-state index in [0.29, 0.717) is 30.9 Å². The second kappa shape index (κ2) is 8.93. The molecule has 1 amide bonds. The normalized spacial score (nSPS) is 11.3. The van der Waals surface area contributed by atoms with Crippen LogP contribution in [0.25, 0.3) is 0 Å². The number of nitrogens with one attached hydrogen (secondary N) is 2. The van der Waals surface area contributed by atoms with Crippen LogP contribution < -0.4 is 10.0 Å². The van der Waals surface area contributed by atoms with Crippen LogP contribution in [-0.2, 0) is 27.9 Å². The minimum Gasteiger partial charge on any atom is -0.377 e. The van der Waals surface area contributed by atoms with Crippen LogP contribution in [0, 0.1) is 6.92 Å². The summed E-state index contributed by atoms with van der Waals surface area (Å²) in [5, 5.41) is 2.86. The van der Waals surface area contributed by atoms with Gasteiger partial charge in [-0.3, -0.25) is 4.79 Å². The molecule has 0 aliphatic heterocycles. The van der Waals surface area contributed by atoms with E-state index < -0.39 is 10.0 Å². The van der Waals surface area contributed by atoms with E-state index in [2.05, 4.69) is 10.0 Å². The van der Waals surface area contributed by atoms with E-state index in [9.17, 15) is 13.2 Å². The number of benzene rings is 2. The van der Waals surface area contributed by atoms with Crippen molar-refractivity contribution < 1.29 is 17.9 Å². The molecular formula is C19H24N2O4S. The standard InChI is InChI=1S/C19H24N2O4S/c1-4-25-13-16-8-6-5-7-15(16)12-21-19(22)18-11-17(10-9-14(18)2)26(23,24)20-3/h5-11,20H,4,12-13H2,1-3H3,(H,21,22). The molecule has 0 atom stereocenters. The van der Waals surface area contributed by atoms with E-state index in [1.165, 1.54) is 19.2 Å². The third kappa shape index (κ3) is 4.91. The highest BCUT2D eigenvalue weighted by molar-refractivity contribution is 7.89. The Morgan fingerprint density at radius 2 is 1.81 bits per heavy atom. The second-order valence-corrected chi connectivity index (χ2v) is 7.66. The number of carbonyl (C=O) groups excluding carboxylic acids is 1. The van der Waals surface area contributed by atoms with Crippen molar-refractivity contribution >= 4 is 15.9 Å². The molecule has 0 fully saturated rings. The molecule has 2 rings (SSSR count). The monoisotopic (exact) mass is 376 g/mol. The number of sulfonamides is 1. The molecule has 2 aromatic rings. The third-order valence-corrected chi connectivity index (χ3v) is 5.46. The number of amides is 1. The zero-order chi connectivity index (χ0) is 19.2. The van der Waals surface area contributed by atoms with E-state index in [-0.39, 0.29) is 10.8 Å². The lowest BCUT2D eigenvalue weighted by Crippen LogP contribution is -2.25. The number of hydrogen-bond acceptors (Lipinski definition) is 4. The lowest BCUT2D eigenvalue weighted by molar-refractivity contribution is 0.0949. The van der Waals surface area contributed by atoms with Gasteiger partial charge in [0.25, 0.3) is 5.91 Å². The molecule has 7 heteroatoms. The molecule has 140 valence electrons. The van der Waals surface area contributed by atoms with Crippen molar-refractivity contribution in [3.8, 4) is 0 Å². The van der Waals surface area contributed by atoms with Crippen LogP contribution in [-0.4, -0.2) is 28.0 Å². The zero-order valence-corrected chi connectivity index (χ0v) is 16.0. The summed E-state index contributed by atoms with van der Waals surface area (Å²) in [5.74, 6) is -0.318. The van der Waals surface area contributed by atoms with Gasteiger partial charge in [0.05, 0.1) is 11.5 Å². The summed E-state index contributed by atoms with van der Waals surface area (Å²) in [6.07, 6.45) is 0. The highest BCUT2D eigenvalue weighted by Crippen LogP contribution is 2.16. The molecule has 0 saturated heterocycles. The van der Waals surface area contributed by atoms with Crippen LogP contribution in [0.3, 0.4) is 0 Å². The second-order valence-electron chi connectivity index (χ2n) is 5.77. The Labute approximate surface area is 154 Å². The fourth-order valence-corrected chi connectivity index (χ4v) is 3.24. The fourth-order valence-electron chi connectivity index (χ4n) is 2.48. The minimum absolute atomic E-state index is 0.0625. The maximum absolute atomic E-state index is 12.6. The van der Waals surface area contributed by atoms with Gasteiger partial charge in [-0.1, -0.05) is 30.3 Å². The highest BCUT2D eigenvalue weighted by Gasteiger charge is 2.16. The van der Waals surface area contributed by atoms with E-state index in [1.54, 1.807) is 13.0 Å². The molecule has 0 radical (unpaired) electrons. The third-order valence-electron chi connectivity index (χ3n) is 4.05. The predicted molar refractivity (Wildman–Crippen MR) is 100 cm³/mol. The summed E-state index contributed by atoms with van der Waals surface area (Å²) in [6, 6.07) is 12.2. The quantitative estimate of drug-likeness (QED) is 0.741. The van der Waals surface area contributed by atoms with Gasteiger partial charge >= 0.3 is 0 Å². The predicted octanol–water partition coefficient (Wildman–Crippen LogP) is 2.37. The summed E-state index contributed by atoms with van der Waals surface area (Å²) < 4.78 is 31.6. The van der Waals surface area contributed by atoms with Crippen LogP contribution in [0.15, 0.2) is 47.4 Å². The van der Waals surface area contributed by atoms with Gasteiger partial charge < -0.3 is 10.1 Å². The SMILES string of the molecule is CCOCc1ccccc1CNC(=O)c1cc(S(=O)(=O)NC)ccc1C. The molecule has 2 N–H and O–H groups in total. The Balaban J connectivity index is 2.18. The van der Waals surface area contributed by atoms with Crippen molar-refractivity contribution in [3.05, 3.63) is 64.7 Å². The average Bonchev–Trinajstić information content (AvgIpc) is 2.65. The first-order valence-corrected chi connectivity index (χ1v) is 9.84. The van der Waals surface area contributed by atoms with Gasteiger partial charge in [0.1, 0.15) is 0 Å². The number of rotatable bonds is 8. The molecule has 2 aromatic carbocycles. The lowest BCUT2D eigenvalue weighted by atomic mass is 10.1. The Morgan fingerprint density at radius 1 is 1.12 bits per heavy atom. The Kier molecular flexibility index (Phi) is 6.90. The molecule has 0 spiro atoms. The molecule has 0 bridgehead atoms. The maximum atomic E-state index is 12.6. The van der Waals surface area contributed by atoms with Gasteiger partial charge in [-0.05, 0) is 49.7 Å². The van der Waals surface area contributed by atoms with Crippen molar-refractivity contribution in [2.45, 2.75) is 31.9 Å². The Morgan fingerprint density at radius 3 is 2.46 bits per heavy atom. The maximum Gasteiger partial charge on any atom is 0.251 e. The van der Waals surface area contributed by atoms with Gasteiger partial charge in [0.15, 0.2) is 0 Å². The highest BCUT2D eigenvalue weighted by atomic mass is 32.2. The molecule has 6 nitrogen and oxygen atoms in total. The summed E-state index contributed by atoms with van der Waals surface area (Å²) in [5.41, 5.74) is 3.02. The van der Waals surface area contributed by atoms with Crippen LogP contribution in [0.4, 0.5) is 0 Å². The van der Waals surface area contributed by atoms with E-state index in [0.717, 1.165) is 11.1 Å². The summed E-state index contributed by atoms with van der Waals surface area (Å²) in [4.78, 5) is 12.6. The lowest BCUT2D eigenvalue weighted by Gasteiger charge is -2.12. The average molecular weight is 376 g/mol. The molecule has 0 aromatic heterocycles. The number of aryl methyl sites for hydroxylation is 1. The van der Waals surface area contributed by atoms with E-state index >= 15 is 0 Å².